The molecule has 1 fully saturated rings. The average molecular weight is 382 g/mol. The van der Waals surface area contributed by atoms with Crippen molar-refractivity contribution in [3.8, 4) is 0 Å². The lowest BCUT2D eigenvalue weighted by atomic mass is 10.2. The third-order valence-electron chi connectivity index (χ3n) is 4.58. The van der Waals surface area contributed by atoms with E-state index < -0.39 is 8.07 Å². The van der Waals surface area contributed by atoms with Gasteiger partial charge in [0.2, 0.25) is 0 Å². The van der Waals surface area contributed by atoms with E-state index in [-0.39, 0.29) is 0 Å². The van der Waals surface area contributed by atoms with Crippen molar-refractivity contribution < 1.29 is 9.47 Å². The second kappa shape index (κ2) is 7.66. The van der Waals surface area contributed by atoms with Crippen molar-refractivity contribution in [2.75, 3.05) is 31.3 Å². The molecule has 0 saturated carbocycles. The van der Waals surface area contributed by atoms with Crippen LogP contribution in [0.1, 0.15) is 6.92 Å². The quantitative estimate of drug-likeness (QED) is 0.426. The molecule has 0 amide bonds. The highest BCUT2D eigenvalue weighted by Gasteiger charge is 2.22. The van der Waals surface area contributed by atoms with Crippen molar-refractivity contribution in [3.05, 3.63) is 23.5 Å². The molecular weight excluding hydrogens is 354 g/mol. The Bertz CT molecular complexity index is 729. The van der Waals surface area contributed by atoms with E-state index in [0.717, 1.165) is 49.1 Å². The van der Waals surface area contributed by atoms with Crippen LogP contribution < -0.4 is 4.90 Å². The number of fused-ring (bicyclic) bond motifs is 1. The monoisotopic (exact) mass is 381 g/mol. The van der Waals surface area contributed by atoms with E-state index in [2.05, 4.69) is 42.5 Å². The van der Waals surface area contributed by atoms with Crippen LogP contribution in [0, 0.1) is 0 Å². The first-order valence-electron chi connectivity index (χ1n) is 8.93. The second-order valence-corrected chi connectivity index (χ2v) is 14.0. The Hall–Kier alpha value is -1.08. The molecule has 3 heterocycles. The number of halogens is 1. The van der Waals surface area contributed by atoms with E-state index in [4.69, 9.17) is 21.1 Å². The third-order valence-corrected chi connectivity index (χ3v) is 6.48. The molecular formula is C18H28ClN3O2Si. The van der Waals surface area contributed by atoms with Crippen molar-refractivity contribution >= 4 is 36.4 Å². The summed E-state index contributed by atoms with van der Waals surface area (Å²) in [6.07, 6.45) is 2.04. The molecule has 138 valence electrons. The third kappa shape index (κ3) is 4.56. The largest absolute Gasteiger partial charge is 0.377 e. The van der Waals surface area contributed by atoms with Gasteiger partial charge in [-0.2, -0.15) is 0 Å². The topological polar surface area (TPSA) is 39.5 Å². The minimum Gasteiger partial charge on any atom is -0.377 e. The number of hydrogen-bond donors (Lipinski definition) is 0. The maximum Gasteiger partial charge on any atom is 0.145 e. The van der Waals surface area contributed by atoms with Gasteiger partial charge < -0.3 is 18.9 Å². The number of hydrogen-bond acceptors (Lipinski definition) is 4. The molecule has 1 saturated heterocycles. The van der Waals surface area contributed by atoms with Crippen LogP contribution in [-0.4, -0.2) is 50.0 Å². The highest BCUT2D eigenvalue weighted by Crippen LogP contribution is 2.31. The lowest BCUT2D eigenvalue weighted by molar-refractivity contribution is 0.0898. The van der Waals surface area contributed by atoms with Gasteiger partial charge in [0.05, 0.1) is 18.9 Å². The van der Waals surface area contributed by atoms with E-state index in [1.165, 1.54) is 0 Å². The Morgan fingerprint density at radius 3 is 2.92 bits per heavy atom. The van der Waals surface area contributed by atoms with Gasteiger partial charge in [0.15, 0.2) is 0 Å². The van der Waals surface area contributed by atoms with Crippen LogP contribution in [0.15, 0.2) is 18.3 Å². The molecule has 2 aromatic heterocycles. The van der Waals surface area contributed by atoms with E-state index in [1.54, 1.807) is 0 Å². The highest BCUT2D eigenvalue weighted by atomic mass is 35.5. The summed E-state index contributed by atoms with van der Waals surface area (Å²) in [5, 5.41) is 1.63. The van der Waals surface area contributed by atoms with E-state index in [9.17, 15) is 0 Å². The molecule has 7 heteroatoms. The lowest BCUT2D eigenvalue weighted by Crippen LogP contribution is -2.43. The van der Waals surface area contributed by atoms with Gasteiger partial charge in [0.25, 0.3) is 0 Å². The van der Waals surface area contributed by atoms with E-state index >= 15 is 0 Å². The fourth-order valence-corrected chi connectivity index (χ4v) is 4.02. The van der Waals surface area contributed by atoms with Gasteiger partial charge in [-0.05, 0) is 25.1 Å². The number of ether oxygens (including phenoxy) is 2. The predicted molar refractivity (Wildman–Crippen MR) is 106 cm³/mol. The normalized spacial score (nSPS) is 18.9. The first-order chi connectivity index (χ1) is 11.8. The minimum absolute atomic E-state index is 0.326. The minimum atomic E-state index is -1.07. The Labute approximate surface area is 155 Å². The fraction of sp³-hybridized carbons (Fsp3) is 0.611. The van der Waals surface area contributed by atoms with Gasteiger partial charge in [-0.3, -0.25) is 0 Å². The van der Waals surface area contributed by atoms with Gasteiger partial charge >= 0.3 is 0 Å². The first kappa shape index (κ1) is 18.7. The van der Waals surface area contributed by atoms with Crippen molar-refractivity contribution in [1.29, 1.82) is 0 Å². The second-order valence-electron chi connectivity index (χ2n) is 7.95. The molecule has 3 rings (SSSR count). The van der Waals surface area contributed by atoms with Gasteiger partial charge in [-0.15, -0.1) is 0 Å². The molecule has 5 nitrogen and oxygen atoms in total. The van der Waals surface area contributed by atoms with Gasteiger partial charge in [0, 0.05) is 38.9 Å². The smallest absolute Gasteiger partial charge is 0.145 e. The summed E-state index contributed by atoms with van der Waals surface area (Å²) >= 11 is 6.32. The SMILES string of the molecule is CC1COCCN1c1cc(Cl)nc2c1ccn2COCC[Si](C)(C)C. The predicted octanol–water partition coefficient (Wildman–Crippen LogP) is 4.23. The van der Waals surface area contributed by atoms with E-state index in [0.29, 0.717) is 17.9 Å². The molecule has 1 aliphatic rings. The number of morpholine rings is 1. The molecule has 0 spiro atoms. The molecule has 0 aromatic carbocycles. The molecule has 25 heavy (non-hydrogen) atoms. The van der Waals surface area contributed by atoms with Crippen molar-refractivity contribution in [1.82, 2.24) is 9.55 Å². The van der Waals surface area contributed by atoms with Crippen LogP contribution >= 0.6 is 11.6 Å². The van der Waals surface area contributed by atoms with Crippen molar-refractivity contribution in [2.45, 2.75) is 45.4 Å². The van der Waals surface area contributed by atoms with E-state index in [1.807, 2.05) is 16.8 Å². The maximum atomic E-state index is 6.32. The molecule has 1 unspecified atom stereocenters. The molecule has 2 aromatic rings. The molecule has 0 radical (unpaired) electrons. The van der Waals surface area contributed by atoms with Gasteiger partial charge in [-0.25, -0.2) is 4.98 Å². The zero-order chi connectivity index (χ0) is 18.0. The van der Waals surface area contributed by atoms with Crippen LogP contribution in [0.25, 0.3) is 11.0 Å². The lowest BCUT2D eigenvalue weighted by Gasteiger charge is -2.35. The number of rotatable bonds is 6. The number of aromatic nitrogens is 2. The standard InChI is InChI=1S/C18H28ClN3O2Si/c1-14-12-23-8-7-22(14)16-11-17(19)20-18-15(16)5-6-21(18)13-24-9-10-25(2,3)4/h5-6,11,14H,7-10,12-13H2,1-4H3. The summed E-state index contributed by atoms with van der Waals surface area (Å²) in [7, 11) is -1.07. The fourth-order valence-electron chi connectivity index (χ4n) is 3.08. The van der Waals surface area contributed by atoms with Crippen LogP contribution in [0.2, 0.25) is 30.8 Å². The summed E-state index contributed by atoms with van der Waals surface area (Å²) in [6, 6.07) is 5.56. The molecule has 1 aliphatic heterocycles. The van der Waals surface area contributed by atoms with Crippen molar-refractivity contribution in [3.63, 3.8) is 0 Å². The zero-order valence-electron chi connectivity index (χ0n) is 15.6. The Morgan fingerprint density at radius 1 is 1.40 bits per heavy atom. The van der Waals surface area contributed by atoms with Crippen molar-refractivity contribution in [2.24, 2.45) is 0 Å². The zero-order valence-corrected chi connectivity index (χ0v) is 17.3. The summed E-state index contributed by atoms with van der Waals surface area (Å²) in [6.45, 7) is 12.9. The van der Waals surface area contributed by atoms with Gasteiger partial charge in [0.1, 0.15) is 17.5 Å². The Kier molecular flexibility index (Phi) is 5.73. The number of nitrogens with zero attached hydrogens (tertiary/aromatic N) is 3. The van der Waals surface area contributed by atoms with Crippen LogP contribution in [0.5, 0.6) is 0 Å². The molecule has 0 aliphatic carbocycles. The Morgan fingerprint density at radius 2 is 2.20 bits per heavy atom. The number of anilines is 1. The van der Waals surface area contributed by atoms with Crippen LogP contribution in [0.4, 0.5) is 5.69 Å². The summed E-state index contributed by atoms with van der Waals surface area (Å²) in [5.74, 6) is 0. The molecule has 0 bridgehead atoms. The highest BCUT2D eigenvalue weighted by molar-refractivity contribution is 6.76. The Balaban J connectivity index is 1.80. The summed E-state index contributed by atoms with van der Waals surface area (Å²) in [4.78, 5) is 6.90. The van der Waals surface area contributed by atoms with Crippen LogP contribution in [-0.2, 0) is 16.2 Å². The maximum absolute atomic E-state index is 6.32. The summed E-state index contributed by atoms with van der Waals surface area (Å²) in [5.41, 5.74) is 2.01. The summed E-state index contributed by atoms with van der Waals surface area (Å²) < 4.78 is 13.5. The van der Waals surface area contributed by atoms with Gasteiger partial charge in [-0.1, -0.05) is 31.2 Å². The molecule has 1 atom stereocenters. The average Bonchev–Trinajstić information content (AvgIpc) is 2.93. The number of pyridine rings is 1. The van der Waals surface area contributed by atoms with Crippen LogP contribution in [0.3, 0.4) is 0 Å². The molecule has 0 N–H and O–H groups in total. The first-order valence-corrected chi connectivity index (χ1v) is 13.0.